The highest BCUT2D eigenvalue weighted by atomic mass is 32.2. The second-order valence-electron chi connectivity index (χ2n) is 6.36. The van der Waals surface area contributed by atoms with Gasteiger partial charge in [-0.25, -0.2) is 9.78 Å². The van der Waals surface area contributed by atoms with E-state index in [9.17, 15) is 14.4 Å². The summed E-state index contributed by atoms with van der Waals surface area (Å²) in [5, 5.41) is 3.52. The molecule has 0 spiro atoms. The zero-order chi connectivity index (χ0) is 19.0. The van der Waals surface area contributed by atoms with Crippen molar-refractivity contribution in [1.29, 1.82) is 0 Å². The van der Waals surface area contributed by atoms with Crippen molar-refractivity contribution >= 4 is 35.2 Å². The molecule has 4 rings (SSSR count). The normalized spacial score (nSPS) is 18.3. The third kappa shape index (κ3) is 3.42. The Labute approximate surface area is 159 Å². The molecule has 1 N–H and O–H groups in total. The highest BCUT2D eigenvalue weighted by Gasteiger charge is 2.32. The molecule has 1 aromatic carbocycles. The molecular weight excluding hydrogens is 368 g/mol. The van der Waals surface area contributed by atoms with E-state index in [0.29, 0.717) is 23.5 Å². The van der Waals surface area contributed by atoms with Crippen LogP contribution in [0.25, 0.3) is 0 Å². The maximum Gasteiger partial charge on any atom is 0.414 e. The number of carbonyl (C=O) groups is 3. The number of amides is 2. The van der Waals surface area contributed by atoms with E-state index >= 15 is 0 Å². The SMILES string of the molecule is CC(=O)NC[C@H]1CN(c2ccc(C(=O)c3cnc4n3CCS4)cc2)C(=O)O1. The molecule has 3 heterocycles. The lowest BCUT2D eigenvalue weighted by molar-refractivity contribution is -0.119. The van der Waals surface area contributed by atoms with Gasteiger partial charge in [0.1, 0.15) is 11.8 Å². The molecule has 1 aromatic heterocycles. The number of ketones is 1. The van der Waals surface area contributed by atoms with E-state index in [4.69, 9.17) is 4.74 Å². The molecule has 2 aromatic rings. The molecule has 0 saturated carbocycles. The van der Waals surface area contributed by atoms with Gasteiger partial charge >= 0.3 is 6.09 Å². The highest BCUT2D eigenvalue weighted by molar-refractivity contribution is 7.99. The van der Waals surface area contributed by atoms with Crippen LogP contribution in [0.5, 0.6) is 0 Å². The number of rotatable bonds is 5. The summed E-state index contributed by atoms with van der Waals surface area (Å²) in [5.74, 6) is 0.673. The van der Waals surface area contributed by atoms with Crippen molar-refractivity contribution in [3.05, 3.63) is 41.7 Å². The average molecular weight is 386 g/mol. The van der Waals surface area contributed by atoms with E-state index in [2.05, 4.69) is 10.3 Å². The highest BCUT2D eigenvalue weighted by Crippen LogP contribution is 2.27. The summed E-state index contributed by atoms with van der Waals surface area (Å²) < 4.78 is 7.19. The number of hydrogen-bond donors (Lipinski definition) is 1. The topological polar surface area (TPSA) is 93.5 Å². The summed E-state index contributed by atoms with van der Waals surface area (Å²) >= 11 is 1.64. The fourth-order valence-corrected chi connectivity index (χ4v) is 4.07. The Morgan fingerprint density at radius 2 is 2.11 bits per heavy atom. The van der Waals surface area contributed by atoms with Crippen molar-refractivity contribution in [3.8, 4) is 0 Å². The summed E-state index contributed by atoms with van der Waals surface area (Å²) in [7, 11) is 0. The Hall–Kier alpha value is -2.81. The minimum Gasteiger partial charge on any atom is -0.442 e. The minimum absolute atomic E-state index is 0.0877. The summed E-state index contributed by atoms with van der Waals surface area (Å²) in [6, 6.07) is 6.86. The van der Waals surface area contributed by atoms with Crippen LogP contribution in [0, 0.1) is 0 Å². The van der Waals surface area contributed by atoms with Crippen LogP contribution in [-0.4, -0.2) is 52.3 Å². The van der Waals surface area contributed by atoms with E-state index in [-0.39, 0.29) is 18.2 Å². The summed E-state index contributed by atoms with van der Waals surface area (Å²) in [6.45, 7) is 2.82. The minimum atomic E-state index is -0.463. The van der Waals surface area contributed by atoms with Crippen molar-refractivity contribution in [3.63, 3.8) is 0 Å². The number of nitrogens with zero attached hydrogens (tertiary/aromatic N) is 3. The van der Waals surface area contributed by atoms with Crippen LogP contribution in [0.4, 0.5) is 10.5 Å². The predicted octanol–water partition coefficient (Wildman–Crippen LogP) is 1.68. The van der Waals surface area contributed by atoms with Gasteiger partial charge in [0.25, 0.3) is 0 Å². The molecule has 2 aliphatic rings. The number of aromatic nitrogens is 2. The lowest BCUT2D eigenvalue weighted by Crippen LogP contribution is -2.33. The van der Waals surface area contributed by atoms with Crippen molar-refractivity contribution in [2.75, 3.05) is 23.7 Å². The van der Waals surface area contributed by atoms with Crippen molar-refractivity contribution in [2.45, 2.75) is 24.7 Å². The van der Waals surface area contributed by atoms with Gasteiger partial charge in [0.2, 0.25) is 11.7 Å². The second kappa shape index (κ2) is 7.07. The Morgan fingerprint density at radius 1 is 1.33 bits per heavy atom. The maximum absolute atomic E-state index is 12.7. The van der Waals surface area contributed by atoms with Gasteiger partial charge in [-0.1, -0.05) is 11.8 Å². The molecule has 2 aliphatic heterocycles. The Morgan fingerprint density at radius 3 is 2.85 bits per heavy atom. The Bertz CT molecular complexity index is 909. The first-order valence-electron chi connectivity index (χ1n) is 8.58. The lowest BCUT2D eigenvalue weighted by atomic mass is 10.1. The molecule has 0 bridgehead atoms. The molecule has 1 fully saturated rings. The number of ether oxygens (including phenoxy) is 1. The standard InChI is InChI=1S/C18H18N4O4S/c1-11(23)19-8-14-10-22(18(25)26-14)13-4-2-12(3-5-13)16(24)15-9-20-17-21(15)6-7-27-17/h2-5,9,14H,6-8,10H2,1H3,(H,19,23)/t14-/m0/s1. The molecule has 27 heavy (non-hydrogen) atoms. The molecule has 140 valence electrons. The van der Waals surface area contributed by atoms with Gasteiger partial charge in [0, 0.05) is 30.5 Å². The molecule has 8 nitrogen and oxygen atoms in total. The van der Waals surface area contributed by atoms with E-state index in [1.165, 1.54) is 11.8 Å². The summed E-state index contributed by atoms with van der Waals surface area (Å²) in [6.07, 6.45) is 0.756. The fraction of sp³-hybridized carbons (Fsp3) is 0.333. The van der Waals surface area contributed by atoms with Crippen LogP contribution in [0.3, 0.4) is 0 Å². The average Bonchev–Trinajstić information content (AvgIpc) is 3.35. The van der Waals surface area contributed by atoms with Crippen LogP contribution >= 0.6 is 11.8 Å². The number of fused-ring (bicyclic) bond motifs is 1. The first-order chi connectivity index (χ1) is 13.0. The van der Waals surface area contributed by atoms with Gasteiger partial charge in [0.05, 0.1) is 19.3 Å². The molecular formula is C18H18N4O4S. The fourth-order valence-electron chi connectivity index (χ4n) is 3.14. The van der Waals surface area contributed by atoms with Crippen molar-refractivity contribution in [1.82, 2.24) is 14.9 Å². The Kier molecular flexibility index (Phi) is 4.61. The number of anilines is 1. The van der Waals surface area contributed by atoms with Gasteiger partial charge in [-0.05, 0) is 24.3 Å². The van der Waals surface area contributed by atoms with Crippen LogP contribution in [-0.2, 0) is 16.1 Å². The van der Waals surface area contributed by atoms with Gasteiger partial charge < -0.3 is 14.6 Å². The number of cyclic esters (lactones) is 1. The van der Waals surface area contributed by atoms with E-state index in [0.717, 1.165) is 17.5 Å². The first kappa shape index (κ1) is 17.6. The van der Waals surface area contributed by atoms with Crippen LogP contribution in [0.1, 0.15) is 23.0 Å². The Balaban J connectivity index is 1.46. The molecule has 0 radical (unpaired) electrons. The van der Waals surface area contributed by atoms with Crippen molar-refractivity contribution in [2.24, 2.45) is 0 Å². The first-order valence-corrected chi connectivity index (χ1v) is 9.57. The number of imidazole rings is 1. The lowest BCUT2D eigenvalue weighted by Gasteiger charge is -2.13. The van der Waals surface area contributed by atoms with Gasteiger partial charge in [-0.3, -0.25) is 14.5 Å². The molecule has 0 aliphatic carbocycles. The molecule has 1 saturated heterocycles. The van der Waals surface area contributed by atoms with Crippen LogP contribution in [0.2, 0.25) is 0 Å². The van der Waals surface area contributed by atoms with Crippen LogP contribution < -0.4 is 10.2 Å². The third-order valence-electron chi connectivity index (χ3n) is 4.49. The van der Waals surface area contributed by atoms with Crippen LogP contribution in [0.15, 0.2) is 35.6 Å². The summed E-state index contributed by atoms with van der Waals surface area (Å²) in [5.41, 5.74) is 1.77. The maximum atomic E-state index is 12.7. The molecule has 2 amide bonds. The largest absolute Gasteiger partial charge is 0.442 e. The van der Waals surface area contributed by atoms with Gasteiger partial charge in [0.15, 0.2) is 5.16 Å². The van der Waals surface area contributed by atoms with E-state index in [1.807, 2.05) is 4.57 Å². The molecule has 1 atom stereocenters. The van der Waals surface area contributed by atoms with E-state index < -0.39 is 12.2 Å². The second-order valence-corrected chi connectivity index (χ2v) is 7.42. The number of carbonyl (C=O) groups excluding carboxylic acids is 3. The predicted molar refractivity (Wildman–Crippen MR) is 99.1 cm³/mol. The number of hydrogen-bond acceptors (Lipinski definition) is 6. The number of thioether (sulfide) groups is 1. The number of nitrogens with one attached hydrogen (secondary N) is 1. The third-order valence-corrected chi connectivity index (χ3v) is 5.46. The summed E-state index contributed by atoms with van der Waals surface area (Å²) in [4.78, 5) is 41.6. The zero-order valence-corrected chi connectivity index (χ0v) is 15.5. The smallest absolute Gasteiger partial charge is 0.414 e. The quantitative estimate of drug-likeness (QED) is 0.786. The van der Waals surface area contributed by atoms with Gasteiger partial charge in [-0.2, -0.15) is 0 Å². The van der Waals surface area contributed by atoms with Crippen molar-refractivity contribution < 1.29 is 19.1 Å². The van der Waals surface area contributed by atoms with Gasteiger partial charge in [-0.15, -0.1) is 0 Å². The number of benzene rings is 1. The monoisotopic (exact) mass is 386 g/mol. The zero-order valence-electron chi connectivity index (χ0n) is 14.7. The molecule has 0 unspecified atom stereocenters. The molecule has 9 heteroatoms. The van der Waals surface area contributed by atoms with E-state index in [1.54, 1.807) is 42.2 Å².